The number of allylic oxidation sites excluding steroid dienone is 3. The smallest absolute Gasteiger partial charge is 0.203 e. The predicted molar refractivity (Wildman–Crippen MR) is 107 cm³/mol. The number of hydrogen-bond acceptors (Lipinski definition) is 4. The molecule has 0 amide bonds. The molecule has 1 fully saturated rings. The second kappa shape index (κ2) is 5.05. The molecule has 0 aromatic heterocycles. The summed E-state index contributed by atoms with van der Waals surface area (Å²) in [5.41, 5.74) is -1.56. The van der Waals surface area contributed by atoms with E-state index in [-0.39, 0.29) is 15.7 Å². The van der Waals surface area contributed by atoms with Crippen molar-refractivity contribution in [2.24, 2.45) is 16.7 Å². The zero-order chi connectivity index (χ0) is 20.0. The first-order valence-corrected chi connectivity index (χ1v) is 12.1. The van der Waals surface area contributed by atoms with Crippen molar-refractivity contribution >= 4 is 19.7 Å². The fourth-order valence-electron chi connectivity index (χ4n) is 5.50. The maximum Gasteiger partial charge on any atom is 0.203 e. The number of sulfone groups is 2. The fraction of sp³-hybridized carbons (Fsp3) is 0.273. The quantitative estimate of drug-likeness (QED) is 0.717. The van der Waals surface area contributed by atoms with E-state index in [1.54, 1.807) is 78.9 Å². The molecule has 0 N–H and O–H groups in total. The summed E-state index contributed by atoms with van der Waals surface area (Å²) >= 11 is 0. The summed E-state index contributed by atoms with van der Waals surface area (Å²) in [5.74, 6) is -0.353. The number of fused-ring (bicyclic) bond motifs is 1. The maximum absolute atomic E-state index is 13.5. The molecule has 144 valence electrons. The third-order valence-electron chi connectivity index (χ3n) is 7.23. The van der Waals surface area contributed by atoms with Crippen LogP contribution in [0.2, 0.25) is 0 Å². The molecule has 3 aliphatic carbocycles. The molecule has 0 aliphatic heterocycles. The van der Waals surface area contributed by atoms with Crippen LogP contribution in [-0.2, 0) is 19.7 Å². The van der Waals surface area contributed by atoms with E-state index in [4.69, 9.17) is 0 Å². The van der Waals surface area contributed by atoms with Crippen LogP contribution in [-0.4, -0.2) is 21.6 Å². The minimum absolute atomic E-state index is 0.240. The highest BCUT2D eigenvalue weighted by Gasteiger charge is 2.89. The van der Waals surface area contributed by atoms with E-state index in [9.17, 15) is 16.8 Å². The molecular formula is C22H20O4S2. The van der Waals surface area contributed by atoms with Gasteiger partial charge in [-0.1, -0.05) is 68.5 Å². The highest BCUT2D eigenvalue weighted by molar-refractivity contribution is 7.95. The third-order valence-corrected chi connectivity index (χ3v) is 11.9. The Hall–Kier alpha value is -2.18. The maximum atomic E-state index is 13.5. The minimum atomic E-state index is -3.69. The Kier molecular flexibility index (Phi) is 3.22. The molecule has 4 nitrogen and oxygen atoms in total. The fourth-order valence-corrected chi connectivity index (χ4v) is 10.0. The third kappa shape index (κ3) is 1.68. The lowest BCUT2D eigenvalue weighted by atomic mass is 9.79. The zero-order valence-electron chi connectivity index (χ0n) is 15.5. The molecule has 0 bridgehead atoms. The molecule has 0 saturated heterocycles. The Morgan fingerprint density at radius 1 is 0.750 bits per heavy atom. The molecule has 6 heteroatoms. The summed E-state index contributed by atoms with van der Waals surface area (Å²) in [6.07, 6.45) is 5.23. The van der Waals surface area contributed by atoms with Gasteiger partial charge in [-0.2, -0.15) is 0 Å². The molecule has 2 aromatic carbocycles. The van der Waals surface area contributed by atoms with Crippen LogP contribution in [0.3, 0.4) is 0 Å². The SMILES string of the molecule is CC12C=CC3(S(=O)(=O)c4ccccc4)C(C=C1S(=O)(=O)c1ccccc1)C23C. The molecule has 4 unspecified atom stereocenters. The Morgan fingerprint density at radius 2 is 1.29 bits per heavy atom. The van der Waals surface area contributed by atoms with Crippen LogP contribution < -0.4 is 0 Å². The minimum Gasteiger partial charge on any atom is -0.223 e. The van der Waals surface area contributed by atoms with E-state index < -0.39 is 35.3 Å². The normalized spacial score (nSPS) is 35.5. The van der Waals surface area contributed by atoms with Crippen molar-refractivity contribution < 1.29 is 16.8 Å². The van der Waals surface area contributed by atoms with Gasteiger partial charge in [0, 0.05) is 16.7 Å². The molecule has 1 saturated carbocycles. The molecule has 0 heterocycles. The van der Waals surface area contributed by atoms with Gasteiger partial charge in [-0.3, -0.25) is 0 Å². The standard InChI is InChI=1S/C22H20O4S2/c1-20-13-14-22(28(25,26)17-11-7-4-8-12-17)18(21(20,22)2)15-19(20)27(23,24)16-9-5-3-6-10-16/h3-15,18H,1-2H3. The van der Waals surface area contributed by atoms with Gasteiger partial charge in [0.25, 0.3) is 0 Å². The first-order valence-electron chi connectivity index (χ1n) is 9.16. The molecule has 0 radical (unpaired) electrons. The lowest BCUT2D eigenvalue weighted by molar-refractivity contribution is 0.327. The lowest BCUT2D eigenvalue weighted by Crippen LogP contribution is -2.35. The average Bonchev–Trinajstić information content (AvgIpc) is 3.10. The van der Waals surface area contributed by atoms with Gasteiger partial charge in [0.05, 0.1) is 14.7 Å². The van der Waals surface area contributed by atoms with Crippen molar-refractivity contribution in [2.45, 2.75) is 28.4 Å². The summed E-state index contributed by atoms with van der Waals surface area (Å²) in [6.45, 7) is 3.76. The monoisotopic (exact) mass is 412 g/mol. The Labute approximate surface area is 165 Å². The molecular weight excluding hydrogens is 392 g/mol. The molecule has 4 atom stereocenters. The summed E-state index contributed by atoms with van der Waals surface area (Å²) in [4.78, 5) is 0.830. The topological polar surface area (TPSA) is 68.3 Å². The Morgan fingerprint density at radius 3 is 1.82 bits per heavy atom. The van der Waals surface area contributed by atoms with Gasteiger partial charge in [0.15, 0.2) is 9.84 Å². The lowest BCUT2D eigenvalue weighted by Gasteiger charge is -2.32. The second-order valence-electron chi connectivity index (χ2n) is 8.17. The Bertz CT molecular complexity index is 1260. The van der Waals surface area contributed by atoms with Crippen LogP contribution in [0.1, 0.15) is 13.8 Å². The van der Waals surface area contributed by atoms with Crippen LogP contribution in [0.15, 0.2) is 93.6 Å². The second-order valence-corrected chi connectivity index (χ2v) is 12.2. The highest BCUT2D eigenvalue weighted by atomic mass is 32.2. The van der Waals surface area contributed by atoms with Gasteiger partial charge in [0.1, 0.15) is 4.75 Å². The van der Waals surface area contributed by atoms with E-state index in [0.29, 0.717) is 4.91 Å². The Balaban J connectivity index is 1.67. The van der Waals surface area contributed by atoms with Gasteiger partial charge >= 0.3 is 0 Å². The first kappa shape index (κ1) is 17.9. The summed E-state index contributed by atoms with van der Waals surface area (Å²) < 4.78 is 52.6. The van der Waals surface area contributed by atoms with E-state index in [0.717, 1.165) is 0 Å². The average molecular weight is 413 g/mol. The number of hydrogen-bond donors (Lipinski definition) is 0. The van der Waals surface area contributed by atoms with Crippen LogP contribution in [0, 0.1) is 16.7 Å². The first-order chi connectivity index (χ1) is 13.1. The largest absolute Gasteiger partial charge is 0.223 e. The molecule has 28 heavy (non-hydrogen) atoms. The van der Waals surface area contributed by atoms with Gasteiger partial charge in [-0.25, -0.2) is 16.8 Å². The summed E-state index contributed by atoms with van der Waals surface area (Å²) in [6, 6.07) is 16.7. The van der Waals surface area contributed by atoms with E-state index in [1.165, 1.54) is 0 Å². The van der Waals surface area contributed by atoms with Crippen molar-refractivity contribution in [3.8, 4) is 0 Å². The molecule has 0 spiro atoms. The van der Waals surface area contributed by atoms with Gasteiger partial charge in [0.2, 0.25) is 9.84 Å². The van der Waals surface area contributed by atoms with Crippen molar-refractivity contribution in [1.29, 1.82) is 0 Å². The predicted octanol–water partition coefficient (Wildman–Crippen LogP) is 3.78. The molecule has 3 aliphatic rings. The molecule has 2 aromatic rings. The highest BCUT2D eigenvalue weighted by Crippen LogP contribution is 2.85. The van der Waals surface area contributed by atoms with E-state index >= 15 is 0 Å². The zero-order valence-corrected chi connectivity index (χ0v) is 17.2. The van der Waals surface area contributed by atoms with Crippen LogP contribution in [0.25, 0.3) is 0 Å². The van der Waals surface area contributed by atoms with Gasteiger partial charge in [-0.15, -0.1) is 0 Å². The van der Waals surface area contributed by atoms with E-state index in [1.807, 2.05) is 13.8 Å². The van der Waals surface area contributed by atoms with Crippen molar-refractivity contribution in [3.63, 3.8) is 0 Å². The van der Waals surface area contributed by atoms with Crippen molar-refractivity contribution in [3.05, 3.63) is 83.8 Å². The summed E-state index contributed by atoms with van der Waals surface area (Å²) in [7, 11) is -7.35. The van der Waals surface area contributed by atoms with Gasteiger partial charge < -0.3 is 0 Å². The van der Waals surface area contributed by atoms with E-state index in [2.05, 4.69) is 0 Å². The van der Waals surface area contributed by atoms with Gasteiger partial charge in [-0.05, 0) is 24.3 Å². The van der Waals surface area contributed by atoms with Crippen molar-refractivity contribution in [1.82, 2.24) is 0 Å². The summed E-state index contributed by atoms with van der Waals surface area (Å²) in [5, 5.41) is 0. The van der Waals surface area contributed by atoms with Crippen LogP contribution >= 0.6 is 0 Å². The van der Waals surface area contributed by atoms with Crippen LogP contribution in [0.5, 0.6) is 0 Å². The number of rotatable bonds is 4. The van der Waals surface area contributed by atoms with Crippen molar-refractivity contribution in [2.75, 3.05) is 0 Å². The molecule has 5 rings (SSSR count). The van der Waals surface area contributed by atoms with Crippen LogP contribution in [0.4, 0.5) is 0 Å². The number of benzene rings is 2.